The number of esters is 1. The highest BCUT2D eigenvalue weighted by molar-refractivity contribution is 5.93. The number of rotatable bonds is 5. The van der Waals surface area contributed by atoms with Gasteiger partial charge in [0.25, 0.3) is 5.69 Å². The summed E-state index contributed by atoms with van der Waals surface area (Å²) in [5.41, 5.74) is 1.09. The number of nitro benzene ring substituents is 1. The largest absolute Gasteiger partial charge is 0.497 e. The number of nitrogens with zero attached hydrogens (tertiary/aromatic N) is 1. The number of ether oxygens (including phenoxy) is 2. The third kappa shape index (κ3) is 3.93. The summed E-state index contributed by atoms with van der Waals surface area (Å²) in [6, 6.07) is 16.8. The zero-order chi connectivity index (χ0) is 22.8. The monoisotopic (exact) mass is 431 g/mol. The van der Waals surface area contributed by atoms with Gasteiger partial charge in [0.1, 0.15) is 11.3 Å². The van der Waals surface area contributed by atoms with Crippen LogP contribution in [0.5, 0.6) is 11.5 Å². The summed E-state index contributed by atoms with van der Waals surface area (Å²) >= 11 is 0. The maximum Gasteiger partial charge on any atom is 0.343 e. The molecule has 0 bridgehead atoms. The molecule has 0 saturated heterocycles. The molecule has 32 heavy (non-hydrogen) atoms. The first-order valence-electron chi connectivity index (χ1n) is 9.56. The molecule has 4 rings (SSSR count). The van der Waals surface area contributed by atoms with E-state index in [-0.39, 0.29) is 28.1 Å². The second-order valence-corrected chi connectivity index (χ2v) is 7.01. The Morgan fingerprint density at radius 2 is 1.69 bits per heavy atom. The van der Waals surface area contributed by atoms with Crippen LogP contribution in [0.15, 0.2) is 75.9 Å². The molecule has 0 fully saturated rings. The smallest absolute Gasteiger partial charge is 0.343 e. The predicted molar refractivity (Wildman–Crippen MR) is 117 cm³/mol. The van der Waals surface area contributed by atoms with Crippen molar-refractivity contribution in [2.75, 3.05) is 7.11 Å². The third-order valence-corrected chi connectivity index (χ3v) is 4.86. The topological polar surface area (TPSA) is 109 Å². The molecular weight excluding hydrogens is 414 g/mol. The molecule has 1 aromatic heterocycles. The number of hydrogen-bond acceptors (Lipinski definition) is 7. The lowest BCUT2D eigenvalue weighted by Crippen LogP contribution is -2.16. The predicted octanol–water partition coefficient (Wildman–Crippen LogP) is 4.90. The molecule has 0 amide bonds. The number of benzene rings is 3. The molecule has 0 saturated carbocycles. The molecule has 0 aliphatic carbocycles. The van der Waals surface area contributed by atoms with E-state index in [1.54, 1.807) is 36.4 Å². The van der Waals surface area contributed by atoms with Crippen molar-refractivity contribution in [1.82, 2.24) is 0 Å². The number of hydrogen-bond donors (Lipinski definition) is 0. The number of carbonyl (C=O) groups excluding carboxylic acids is 1. The van der Waals surface area contributed by atoms with E-state index in [9.17, 15) is 19.7 Å². The first-order valence-corrected chi connectivity index (χ1v) is 9.56. The van der Waals surface area contributed by atoms with E-state index in [2.05, 4.69) is 0 Å². The van der Waals surface area contributed by atoms with Gasteiger partial charge in [0.05, 0.1) is 23.0 Å². The Balaban J connectivity index is 1.83. The average molecular weight is 431 g/mol. The Bertz CT molecular complexity index is 1390. The van der Waals surface area contributed by atoms with Crippen LogP contribution in [-0.2, 0) is 0 Å². The molecule has 0 N–H and O–H groups in total. The molecule has 0 atom stereocenters. The SMILES string of the molecule is COc1ccc(-c2oc3ccc(C)cc3c(=O)c2OC(=O)c2ccc([N+](=O)[O-])cc2)cc1. The fourth-order valence-corrected chi connectivity index (χ4v) is 3.19. The van der Waals surface area contributed by atoms with Crippen molar-refractivity contribution in [1.29, 1.82) is 0 Å². The first-order chi connectivity index (χ1) is 15.4. The fourth-order valence-electron chi connectivity index (χ4n) is 3.19. The van der Waals surface area contributed by atoms with Gasteiger partial charge >= 0.3 is 5.97 Å². The summed E-state index contributed by atoms with van der Waals surface area (Å²) in [5, 5.41) is 11.1. The highest BCUT2D eigenvalue weighted by Crippen LogP contribution is 2.32. The number of non-ortho nitro benzene ring substituents is 1. The minimum Gasteiger partial charge on any atom is -0.497 e. The van der Waals surface area contributed by atoms with Crippen LogP contribution in [0.4, 0.5) is 5.69 Å². The molecule has 4 aromatic rings. The standard InChI is InChI=1S/C24H17NO7/c1-14-3-12-20-19(13-14)21(26)23(22(31-20)15-6-10-18(30-2)11-7-15)32-24(27)16-4-8-17(9-5-16)25(28)29/h3-13H,1-2H3. The van der Waals surface area contributed by atoms with Crippen molar-refractivity contribution in [2.45, 2.75) is 6.92 Å². The van der Waals surface area contributed by atoms with Crippen LogP contribution in [0.3, 0.4) is 0 Å². The van der Waals surface area contributed by atoms with E-state index in [0.29, 0.717) is 16.9 Å². The average Bonchev–Trinajstić information content (AvgIpc) is 2.81. The van der Waals surface area contributed by atoms with Gasteiger partial charge in [0.2, 0.25) is 11.2 Å². The zero-order valence-corrected chi connectivity index (χ0v) is 17.2. The maximum atomic E-state index is 13.3. The summed E-state index contributed by atoms with van der Waals surface area (Å²) in [7, 11) is 1.53. The zero-order valence-electron chi connectivity index (χ0n) is 17.2. The molecule has 0 aliphatic heterocycles. The van der Waals surface area contributed by atoms with Gasteiger partial charge in [-0.3, -0.25) is 14.9 Å². The molecule has 8 nitrogen and oxygen atoms in total. The second kappa shape index (κ2) is 8.35. The lowest BCUT2D eigenvalue weighted by molar-refractivity contribution is -0.384. The maximum absolute atomic E-state index is 13.3. The molecule has 8 heteroatoms. The highest BCUT2D eigenvalue weighted by Gasteiger charge is 2.22. The van der Waals surface area contributed by atoms with E-state index in [1.165, 1.54) is 31.4 Å². The molecule has 160 valence electrons. The quantitative estimate of drug-likeness (QED) is 0.251. The Morgan fingerprint density at radius 1 is 1.00 bits per heavy atom. The molecule has 0 aliphatic rings. The number of nitro groups is 1. The summed E-state index contributed by atoms with van der Waals surface area (Å²) in [4.78, 5) is 36.3. The van der Waals surface area contributed by atoms with Gasteiger partial charge in [-0.2, -0.15) is 0 Å². The van der Waals surface area contributed by atoms with E-state index < -0.39 is 16.3 Å². The molecule has 0 unspecified atom stereocenters. The first kappa shape index (κ1) is 20.8. The number of carbonyl (C=O) groups is 1. The van der Waals surface area contributed by atoms with E-state index in [4.69, 9.17) is 13.9 Å². The Kier molecular flexibility index (Phi) is 5.43. The summed E-state index contributed by atoms with van der Waals surface area (Å²) < 4.78 is 16.6. The number of aryl methyl sites for hydroxylation is 1. The van der Waals surface area contributed by atoms with E-state index >= 15 is 0 Å². The van der Waals surface area contributed by atoms with Crippen molar-refractivity contribution in [3.05, 3.63) is 98.2 Å². The minimum absolute atomic E-state index is 0.0556. The third-order valence-electron chi connectivity index (χ3n) is 4.86. The number of methoxy groups -OCH3 is 1. The molecule has 0 radical (unpaired) electrons. The lowest BCUT2D eigenvalue weighted by Gasteiger charge is -2.11. The Hall–Kier alpha value is -4.46. The van der Waals surface area contributed by atoms with Gasteiger partial charge in [-0.05, 0) is 55.5 Å². The fraction of sp³-hybridized carbons (Fsp3) is 0.0833. The van der Waals surface area contributed by atoms with Crippen molar-refractivity contribution in [3.8, 4) is 22.8 Å². The Morgan fingerprint density at radius 3 is 2.31 bits per heavy atom. The van der Waals surface area contributed by atoms with Crippen molar-refractivity contribution >= 4 is 22.6 Å². The van der Waals surface area contributed by atoms with E-state index in [1.807, 2.05) is 13.0 Å². The van der Waals surface area contributed by atoms with Crippen LogP contribution in [-0.4, -0.2) is 18.0 Å². The van der Waals surface area contributed by atoms with Crippen LogP contribution < -0.4 is 14.9 Å². The molecule has 0 spiro atoms. The van der Waals surface area contributed by atoms with E-state index in [0.717, 1.165) is 5.56 Å². The summed E-state index contributed by atoms with van der Waals surface area (Å²) in [6.45, 7) is 1.83. The van der Waals surface area contributed by atoms with Crippen molar-refractivity contribution in [2.24, 2.45) is 0 Å². The van der Waals surface area contributed by atoms with Crippen LogP contribution in [0, 0.1) is 17.0 Å². The van der Waals surface area contributed by atoms with Gasteiger partial charge in [-0.25, -0.2) is 4.79 Å². The number of fused-ring (bicyclic) bond motifs is 1. The van der Waals surface area contributed by atoms with Gasteiger partial charge in [0, 0.05) is 17.7 Å². The van der Waals surface area contributed by atoms with Crippen LogP contribution >= 0.6 is 0 Å². The van der Waals surface area contributed by atoms with Crippen LogP contribution in [0.25, 0.3) is 22.3 Å². The summed E-state index contributed by atoms with van der Waals surface area (Å²) in [5.74, 6) is -0.410. The van der Waals surface area contributed by atoms with Crippen LogP contribution in [0.1, 0.15) is 15.9 Å². The molecular formula is C24H17NO7. The minimum atomic E-state index is -0.839. The normalized spacial score (nSPS) is 10.7. The van der Waals surface area contributed by atoms with Gasteiger partial charge in [0.15, 0.2) is 5.76 Å². The van der Waals surface area contributed by atoms with Crippen molar-refractivity contribution in [3.63, 3.8) is 0 Å². The molecule has 3 aromatic carbocycles. The highest BCUT2D eigenvalue weighted by atomic mass is 16.6. The van der Waals surface area contributed by atoms with Crippen LogP contribution in [0.2, 0.25) is 0 Å². The molecule has 1 heterocycles. The van der Waals surface area contributed by atoms with Gasteiger partial charge in [-0.1, -0.05) is 11.6 Å². The van der Waals surface area contributed by atoms with Gasteiger partial charge < -0.3 is 13.9 Å². The van der Waals surface area contributed by atoms with Gasteiger partial charge in [-0.15, -0.1) is 0 Å². The Labute approximate surface area is 181 Å². The van der Waals surface area contributed by atoms with Crippen molar-refractivity contribution < 1.29 is 23.6 Å². The lowest BCUT2D eigenvalue weighted by atomic mass is 10.1. The second-order valence-electron chi connectivity index (χ2n) is 7.01. The summed E-state index contributed by atoms with van der Waals surface area (Å²) in [6.07, 6.45) is 0.